The fraction of sp³-hybridized carbons (Fsp3) is 0.500. The number of benzene rings is 1. The summed E-state index contributed by atoms with van der Waals surface area (Å²) < 4.78 is 12.6. The van der Waals surface area contributed by atoms with Gasteiger partial charge < -0.3 is 14.8 Å². The number of ether oxygens (including phenoxy) is 2. The molecule has 1 fully saturated rings. The van der Waals surface area contributed by atoms with Gasteiger partial charge in [0.1, 0.15) is 0 Å². The van der Waals surface area contributed by atoms with Crippen LogP contribution >= 0.6 is 0 Å². The van der Waals surface area contributed by atoms with E-state index in [0.717, 1.165) is 56.0 Å². The molecular formula is C20H25N3O3. The molecule has 6 heteroatoms. The molecule has 2 aromatic rings. The molecule has 0 amide bonds. The molecule has 1 saturated heterocycles. The highest BCUT2D eigenvalue weighted by molar-refractivity contribution is 5.69. The first-order valence-corrected chi connectivity index (χ1v) is 9.44. The van der Waals surface area contributed by atoms with E-state index in [4.69, 9.17) is 9.47 Å². The maximum absolute atomic E-state index is 12.3. The molecule has 0 unspecified atom stereocenters. The van der Waals surface area contributed by atoms with E-state index in [1.165, 1.54) is 5.56 Å². The topological polar surface area (TPSA) is 65.4 Å². The highest BCUT2D eigenvalue weighted by atomic mass is 16.5. The summed E-state index contributed by atoms with van der Waals surface area (Å²) in [6.45, 7) is 5.78. The number of nitrogens with one attached hydrogen (secondary N) is 1. The fourth-order valence-electron chi connectivity index (χ4n) is 3.75. The molecular weight excluding hydrogens is 330 g/mol. The standard InChI is InChI=1S/C20H25N3O3/c1-2-26-19-12-18-17-4-3-16(21-13-14-6-9-25-10-7-14)11-15(17)5-8-23(18)20(24)22-19/h3-4,11-12,14,21H,2,5-10,13H2,1H3. The first-order chi connectivity index (χ1) is 12.7. The molecule has 2 aliphatic rings. The number of nitrogens with zero attached hydrogens (tertiary/aromatic N) is 2. The molecule has 4 rings (SSSR count). The summed E-state index contributed by atoms with van der Waals surface area (Å²) in [7, 11) is 0. The largest absolute Gasteiger partial charge is 0.478 e. The van der Waals surface area contributed by atoms with Gasteiger partial charge in [0.05, 0.1) is 12.3 Å². The van der Waals surface area contributed by atoms with Gasteiger partial charge in [-0.15, -0.1) is 0 Å². The molecule has 138 valence electrons. The van der Waals surface area contributed by atoms with Crippen molar-refractivity contribution in [2.45, 2.75) is 32.7 Å². The highest BCUT2D eigenvalue weighted by Gasteiger charge is 2.20. The first-order valence-electron chi connectivity index (χ1n) is 9.44. The number of aryl methyl sites for hydroxylation is 1. The van der Waals surface area contributed by atoms with Crippen LogP contribution in [0.2, 0.25) is 0 Å². The molecule has 0 bridgehead atoms. The predicted octanol–water partition coefficient (Wildman–Crippen LogP) is 2.70. The number of hydrogen-bond acceptors (Lipinski definition) is 5. The second-order valence-corrected chi connectivity index (χ2v) is 6.91. The molecule has 0 aliphatic carbocycles. The van der Waals surface area contributed by atoms with Gasteiger partial charge in [-0.3, -0.25) is 4.57 Å². The van der Waals surface area contributed by atoms with Crippen LogP contribution in [0.5, 0.6) is 5.88 Å². The summed E-state index contributed by atoms with van der Waals surface area (Å²) in [6, 6.07) is 8.28. The number of hydrogen-bond donors (Lipinski definition) is 1. The minimum atomic E-state index is -0.238. The Labute approximate surface area is 153 Å². The van der Waals surface area contributed by atoms with Crippen molar-refractivity contribution in [3.8, 4) is 17.1 Å². The van der Waals surface area contributed by atoms with E-state index in [2.05, 4.69) is 28.5 Å². The molecule has 3 heterocycles. The lowest BCUT2D eigenvalue weighted by molar-refractivity contribution is 0.0699. The van der Waals surface area contributed by atoms with E-state index in [9.17, 15) is 4.79 Å². The Bertz CT molecular complexity index is 841. The molecule has 1 aromatic heterocycles. The molecule has 0 atom stereocenters. The third-order valence-corrected chi connectivity index (χ3v) is 5.20. The number of anilines is 1. The zero-order chi connectivity index (χ0) is 17.9. The summed E-state index contributed by atoms with van der Waals surface area (Å²) in [5, 5.41) is 3.57. The van der Waals surface area contributed by atoms with Crippen molar-refractivity contribution < 1.29 is 9.47 Å². The molecule has 6 nitrogen and oxygen atoms in total. The molecule has 0 saturated carbocycles. The van der Waals surface area contributed by atoms with Crippen LogP contribution in [-0.4, -0.2) is 35.9 Å². The Kier molecular flexibility index (Phi) is 4.93. The number of fused-ring (bicyclic) bond motifs is 3. The van der Waals surface area contributed by atoms with Crippen LogP contribution < -0.4 is 15.7 Å². The minimum absolute atomic E-state index is 0.238. The number of rotatable bonds is 5. The van der Waals surface area contributed by atoms with Crippen molar-refractivity contribution in [3.05, 3.63) is 40.3 Å². The third-order valence-electron chi connectivity index (χ3n) is 5.20. The van der Waals surface area contributed by atoms with Gasteiger partial charge in [-0.25, -0.2) is 4.79 Å². The molecule has 1 aromatic carbocycles. The van der Waals surface area contributed by atoms with Crippen LogP contribution in [0.25, 0.3) is 11.3 Å². The minimum Gasteiger partial charge on any atom is -0.478 e. The maximum atomic E-state index is 12.3. The summed E-state index contributed by atoms with van der Waals surface area (Å²) in [4.78, 5) is 16.3. The van der Waals surface area contributed by atoms with Crippen LogP contribution in [0.1, 0.15) is 25.3 Å². The fourth-order valence-corrected chi connectivity index (χ4v) is 3.75. The quantitative estimate of drug-likeness (QED) is 0.893. The van der Waals surface area contributed by atoms with Gasteiger partial charge in [-0.2, -0.15) is 4.98 Å². The maximum Gasteiger partial charge on any atom is 0.351 e. The second kappa shape index (κ2) is 7.50. The zero-order valence-corrected chi connectivity index (χ0v) is 15.2. The Hall–Kier alpha value is -2.34. The van der Waals surface area contributed by atoms with Crippen molar-refractivity contribution in [3.63, 3.8) is 0 Å². The Morgan fingerprint density at radius 2 is 2.15 bits per heavy atom. The normalized spacial score (nSPS) is 16.7. The number of aromatic nitrogens is 2. The van der Waals surface area contributed by atoms with Gasteiger partial charge in [0.15, 0.2) is 0 Å². The molecule has 2 aliphatic heterocycles. The molecule has 0 spiro atoms. The average Bonchev–Trinajstić information content (AvgIpc) is 2.67. The predicted molar refractivity (Wildman–Crippen MR) is 101 cm³/mol. The van der Waals surface area contributed by atoms with Gasteiger partial charge >= 0.3 is 5.69 Å². The summed E-state index contributed by atoms with van der Waals surface area (Å²) in [5.41, 5.74) is 4.15. The second-order valence-electron chi connectivity index (χ2n) is 6.91. The summed E-state index contributed by atoms with van der Waals surface area (Å²) in [6.07, 6.45) is 3.09. The Morgan fingerprint density at radius 1 is 1.31 bits per heavy atom. The van der Waals surface area contributed by atoms with E-state index in [-0.39, 0.29) is 5.69 Å². The van der Waals surface area contributed by atoms with Gasteiger partial charge in [0.2, 0.25) is 5.88 Å². The van der Waals surface area contributed by atoms with Gasteiger partial charge in [-0.1, -0.05) is 6.07 Å². The highest BCUT2D eigenvalue weighted by Crippen LogP contribution is 2.31. The molecule has 26 heavy (non-hydrogen) atoms. The van der Waals surface area contributed by atoms with E-state index in [1.807, 2.05) is 13.0 Å². The third kappa shape index (κ3) is 3.46. The van der Waals surface area contributed by atoms with Crippen LogP contribution in [0.3, 0.4) is 0 Å². The summed E-state index contributed by atoms with van der Waals surface area (Å²) in [5.74, 6) is 1.08. The van der Waals surface area contributed by atoms with Crippen molar-refractivity contribution in [2.24, 2.45) is 5.92 Å². The lowest BCUT2D eigenvalue weighted by Gasteiger charge is -2.24. The Morgan fingerprint density at radius 3 is 2.96 bits per heavy atom. The zero-order valence-electron chi connectivity index (χ0n) is 15.2. The van der Waals surface area contributed by atoms with E-state index in [0.29, 0.717) is 24.9 Å². The lowest BCUT2D eigenvalue weighted by Crippen LogP contribution is -2.28. The first kappa shape index (κ1) is 17.1. The van der Waals surface area contributed by atoms with Crippen LogP contribution in [0.4, 0.5) is 5.69 Å². The van der Waals surface area contributed by atoms with E-state index in [1.54, 1.807) is 4.57 Å². The van der Waals surface area contributed by atoms with Gasteiger partial charge in [0.25, 0.3) is 0 Å². The van der Waals surface area contributed by atoms with Crippen molar-refractivity contribution >= 4 is 5.69 Å². The van der Waals surface area contributed by atoms with Crippen LogP contribution in [0.15, 0.2) is 29.1 Å². The smallest absolute Gasteiger partial charge is 0.351 e. The molecule has 1 N–H and O–H groups in total. The van der Waals surface area contributed by atoms with Gasteiger partial charge in [0, 0.05) is 43.6 Å². The van der Waals surface area contributed by atoms with Gasteiger partial charge in [-0.05, 0) is 49.8 Å². The summed E-state index contributed by atoms with van der Waals surface area (Å²) >= 11 is 0. The van der Waals surface area contributed by atoms with Crippen LogP contribution in [0, 0.1) is 5.92 Å². The lowest BCUT2D eigenvalue weighted by atomic mass is 9.96. The van der Waals surface area contributed by atoms with Crippen LogP contribution in [-0.2, 0) is 17.7 Å². The SMILES string of the molecule is CCOc1cc2n(c(=O)n1)CCc1cc(NCC3CCOCC3)ccc1-2. The molecule has 0 radical (unpaired) electrons. The Balaban J connectivity index is 1.56. The van der Waals surface area contributed by atoms with Crippen molar-refractivity contribution in [1.82, 2.24) is 9.55 Å². The van der Waals surface area contributed by atoms with Crippen molar-refractivity contribution in [1.29, 1.82) is 0 Å². The monoisotopic (exact) mass is 355 g/mol. The average molecular weight is 355 g/mol. The van der Waals surface area contributed by atoms with E-state index < -0.39 is 0 Å². The van der Waals surface area contributed by atoms with E-state index >= 15 is 0 Å². The van der Waals surface area contributed by atoms with Crippen molar-refractivity contribution in [2.75, 3.05) is 31.7 Å².